The summed E-state index contributed by atoms with van der Waals surface area (Å²) in [6, 6.07) is 67.9. The smallest absolute Gasteiger partial charge is 0.171 e. The molecular formula is C143H220F6. The third-order valence-corrected chi connectivity index (χ3v) is 27.6. The van der Waals surface area contributed by atoms with Crippen LogP contribution in [0.15, 0.2) is 188 Å². The van der Waals surface area contributed by atoms with Gasteiger partial charge in [0.15, 0.2) is 0 Å². The number of alkyl halides is 6. The number of benzene rings is 10. The summed E-state index contributed by atoms with van der Waals surface area (Å²) in [6.45, 7) is 123. The fraction of sp³-hybridized carbons (Fsp3) is 0.580. The molecule has 0 unspecified atom stereocenters. The highest BCUT2D eigenvalue weighted by molar-refractivity contribution is 5.44. The van der Waals surface area contributed by atoms with Gasteiger partial charge in [0.25, 0.3) is 0 Å². The minimum atomic E-state index is -4.18. The topological polar surface area (TPSA) is 0 Å². The lowest BCUT2D eigenvalue weighted by Crippen LogP contribution is -2.34. The fourth-order valence-corrected chi connectivity index (χ4v) is 19.1. The van der Waals surface area contributed by atoms with Crippen LogP contribution in [0.25, 0.3) is 0 Å². The van der Waals surface area contributed by atoms with Crippen molar-refractivity contribution in [2.24, 2.45) is 33.5 Å². The Morgan fingerprint density at radius 3 is 0.691 bits per heavy atom. The molecule has 834 valence electrons. The summed E-state index contributed by atoms with van der Waals surface area (Å²) in [7, 11) is 0. The first-order valence-corrected chi connectivity index (χ1v) is 56.0. The Morgan fingerprint density at radius 2 is 0.423 bits per heavy atom. The van der Waals surface area contributed by atoms with E-state index in [1.165, 1.54) is 168 Å². The second-order valence-electron chi connectivity index (χ2n) is 57.7. The van der Waals surface area contributed by atoms with Gasteiger partial charge >= 0.3 is 12.4 Å². The molecule has 6 heteroatoms. The van der Waals surface area contributed by atoms with E-state index in [2.05, 4.69) is 505 Å². The molecule has 149 heavy (non-hydrogen) atoms. The Bertz CT molecular complexity index is 5690. The molecule has 0 fully saturated rings. The van der Waals surface area contributed by atoms with Crippen molar-refractivity contribution in [3.63, 3.8) is 0 Å². The van der Waals surface area contributed by atoms with Gasteiger partial charge in [-0.1, -0.05) is 512 Å². The van der Waals surface area contributed by atoms with Crippen molar-refractivity contribution in [2.75, 3.05) is 0 Å². The third kappa shape index (κ3) is 50.3. The fourth-order valence-electron chi connectivity index (χ4n) is 19.1. The van der Waals surface area contributed by atoms with E-state index in [0.29, 0.717) is 34.5 Å². The zero-order chi connectivity index (χ0) is 116. The van der Waals surface area contributed by atoms with Gasteiger partial charge in [-0.25, -0.2) is 0 Å². The van der Waals surface area contributed by atoms with Gasteiger partial charge < -0.3 is 0 Å². The molecule has 0 atom stereocenters. The minimum Gasteiger partial charge on any atom is -0.171 e. The average molecular weight is 2050 g/mol. The van der Waals surface area contributed by atoms with Gasteiger partial charge in [0.1, 0.15) is 0 Å². The van der Waals surface area contributed by atoms with Gasteiger partial charge in [-0.3, -0.25) is 0 Å². The SMILES string of the molecule is Cc1ccc(C(C)(C)C)cc1C(C)(C)C.Cc1ccc(C(C)C)cc1C(C)(C)C.Cc1ccc(C)c(C(C)(C)C)c1.Cc1ccc(CC(C)(C)C(F)(F)F)cc1C(C)(C)C.Cc1ccc(CC(C)(C)C(F)(F)F)cc1C(C)C.Cc1ccc(CC(C)(C)C)cc1C(C)(C)C.Cc1ccc(CC(C)(C)C)cc1C(C)C.Cc1ccc(CC(C)C)cc1C(C)(C)C.Cc1ccc(CC(C)C)cc1C(C)C.Cc1ccccc1C(C)(C)C. The van der Waals surface area contributed by atoms with Crippen LogP contribution in [0, 0.1) is 110 Å². The normalized spacial score (nSPS) is 12.5. The van der Waals surface area contributed by atoms with Crippen molar-refractivity contribution in [3.8, 4) is 0 Å². The summed E-state index contributed by atoms with van der Waals surface area (Å²) in [5, 5.41) is 0. The van der Waals surface area contributed by atoms with E-state index in [-0.39, 0.29) is 56.2 Å². The van der Waals surface area contributed by atoms with E-state index in [4.69, 9.17) is 0 Å². The first-order valence-electron chi connectivity index (χ1n) is 56.0. The van der Waals surface area contributed by atoms with Crippen LogP contribution in [-0.2, 0) is 81.8 Å². The molecule has 0 bridgehead atoms. The van der Waals surface area contributed by atoms with E-state index in [1.54, 1.807) is 12.1 Å². The van der Waals surface area contributed by atoms with Crippen LogP contribution in [0.5, 0.6) is 0 Å². The van der Waals surface area contributed by atoms with Gasteiger partial charge in [0, 0.05) is 0 Å². The van der Waals surface area contributed by atoms with Crippen molar-refractivity contribution in [2.45, 2.75) is 513 Å². The zero-order valence-corrected chi connectivity index (χ0v) is 106. The molecule has 0 radical (unpaired) electrons. The first kappa shape index (κ1) is 139. The van der Waals surface area contributed by atoms with E-state index in [9.17, 15) is 26.3 Å². The molecule has 0 nitrogen and oxygen atoms in total. The van der Waals surface area contributed by atoms with E-state index in [1.807, 2.05) is 38.1 Å². The Labute approximate surface area is 915 Å². The summed E-state index contributed by atoms with van der Waals surface area (Å²) < 4.78 is 77.4. The standard InChI is InChI=1S/C16H23F3.C16H26.C15H21F3.3C15H24.2C14H22.C12H18.C11H16/c1-11-7-8-12(9-13(11)14(2,3)4)10-15(5,6)16(17,18)19;1-12-8-9-13(11-15(2,3)4)10-14(12)16(5,6)7;1-10(2)13-8-12(7-6-11(13)3)9-14(4,5)15(16,17)18;1-11-8-9-12(14(2,3)4)10-13(11)15(5,6)7;1-11(2)14-9-13(8-7-12(14)3)10-15(4,5)6;1-11(2)9-13-8-7-12(3)14(10-13)15(4,5)6;1-10(2)12-8-7-11(3)13(9-12)14(4,5)6;1-10(2)8-13-7-6-12(5)14(9-13)11(3)4;1-9-6-7-10(2)11(8-9)12(3,4)5;1-9-7-5-6-8-10(9)11(2,3)4/h7-9H,10H2,1-6H3;8-10H,11H2,1-7H3;6-8,10H,9H2,1-5H3;8-10H,1-7H3;7-9,11H,10H2,1-6H3;7-8,10-11H,9H2,1-6H3;7-10H,1-6H3;6-7,9-11H,8H2,1-5H3;6-8H,1-5H3;5-8H,1-4H3. The van der Waals surface area contributed by atoms with Crippen LogP contribution in [0.1, 0.15) is 504 Å². The summed E-state index contributed by atoms with van der Waals surface area (Å²) in [5.74, 6) is 3.71. The maximum absolute atomic E-state index is 12.9. The Kier molecular flexibility index (Phi) is 52.9. The van der Waals surface area contributed by atoms with E-state index in [0.717, 1.165) is 58.1 Å². The number of aryl methyl sites for hydroxylation is 11. The Hall–Kier alpha value is -8.22. The number of hydrogen-bond acceptors (Lipinski definition) is 0. The maximum atomic E-state index is 12.9. The molecule has 0 saturated heterocycles. The summed E-state index contributed by atoms with van der Waals surface area (Å²) >= 11 is 0. The molecule has 10 aromatic carbocycles. The molecule has 0 amide bonds. The molecular weight excluding hydrogens is 1830 g/mol. The van der Waals surface area contributed by atoms with Crippen LogP contribution in [0.3, 0.4) is 0 Å². The Balaban J connectivity index is 0.000000830. The van der Waals surface area contributed by atoms with Gasteiger partial charge in [-0.2, -0.15) is 26.3 Å². The second-order valence-corrected chi connectivity index (χ2v) is 57.7. The van der Waals surface area contributed by atoms with Crippen LogP contribution in [0.4, 0.5) is 26.3 Å². The molecule has 0 aliphatic carbocycles. The predicted molar refractivity (Wildman–Crippen MR) is 653 cm³/mol. The molecule has 0 heterocycles. The highest BCUT2D eigenvalue weighted by Crippen LogP contribution is 2.44. The van der Waals surface area contributed by atoms with Crippen LogP contribution >= 0.6 is 0 Å². The van der Waals surface area contributed by atoms with Crippen LogP contribution in [0.2, 0.25) is 0 Å². The molecule has 0 saturated carbocycles. The number of halogens is 6. The highest BCUT2D eigenvalue weighted by atomic mass is 19.4. The number of rotatable bonds is 14. The molecule has 10 aromatic rings. The van der Waals surface area contributed by atoms with Crippen molar-refractivity contribution < 1.29 is 26.3 Å². The largest absolute Gasteiger partial charge is 0.394 e. The molecule has 0 spiro atoms. The van der Waals surface area contributed by atoms with Crippen molar-refractivity contribution >= 4 is 0 Å². The Morgan fingerprint density at radius 1 is 0.195 bits per heavy atom. The average Bonchev–Trinajstić information content (AvgIpc) is 0.829. The first-order chi connectivity index (χ1) is 66.9. The molecule has 0 aliphatic heterocycles. The molecule has 0 N–H and O–H groups in total. The van der Waals surface area contributed by atoms with Crippen molar-refractivity contribution in [1.29, 1.82) is 0 Å². The minimum absolute atomic E-state index is 0.0138. The maximum Gasteiger partial charge on any atom is 0.394 e. The second kappa shape index (κ2) is 56.8. The summed E-state index contributed by atoms with van der Waals surface area (Å²) in [4.78, 5) is 0. The van der Waals surface area contributed by atoms with Crippen LogP contribution < -0.4 is 0 Å². The molecule has 0 aromatic heterocycles. The van der Waals surface area contributed by atoms with Crippen molar-refractivity contribution in [3.05, 3.63) is 349 Å². The summed E-state index contributed by atoms with van der Waals surface area (Å²) in [6.07, 6.45) is -3.63. The van der Waals surface area contributed by atoms with Gasteiger partial charge in [0.2, 0.25) is 0 Å². The van der Waals surface area contributed by atoms with Crippen molar-refractivity contribution in [1.82, 2.24) is 0 Å². The van der Waals surface area contributed by atoms with Crippen LogP contribution in [-0.4, -0.2) is 12.4 Å². The molecule has 0 aliphatic rings. The third-order valence-electron chi connectivity index (χ3n) is 27.6. The lowest BCUT2D eigenvalue weighted by Gasteiger charge is -2.29. The quantitative estimate of drug-likeness (QED) is 0.0952. The van der Waals surface area contributed by atoms with Gasteiger partial charge in [0.05, 0.1) is 10.8 Å². The van der Waals surface area contributed by atoms with E-state index >= 15 is 0 Å². The predicted octanol–water partition coefficient (Wildman–Crippen LogP) is 45.0. The van der Waals surface area contributed by atoms with Gasteiger partial charge in [-0.05, 0) is 360 Å². The lowest BCUT2D eigenvalue weighted by molar-refractivity contribution is -0.211. The van der Waals surface area contributed by atoms with Gasteiger partial charge in [-0.15, -0.1) is 0 Å². The zero-order valence-electron chi connectivity index (χ0n) is 106. The highest BCUT2D eigenvalue weighted by Gasteiger charge is 2.48. The van der Waals surface area contributed by atoms with E-state index < -0.39 is 23.2 Å². The summed E-state index contributed by atoms with van der Waals surface area (Å²) in [5.41, 5.74) is 38.3. The molecule has 10 rings (SSSR count). The number of hydrogen-bond donors (Lipinski definition) is 0. The lowest BCUT2D eigenvalue weighted by atomic mass is 9.79. The monoisotopic (exact) mass is 2050 g/mol.